The Morgan fingerprint density at radius 3 is 2.68 bits per heavy atom. The third-order valence-electron chi connectivity index (χ3n) is 4.80. The molecule has 2 aliphatic rings. The molecule has 1 unspecified atom stereocenters. The maximum atomic E-state index is 12.8. The normalized spacial score (nSPS) is 19.0. The van der Waals surface area contributed by atoms with E-state index in [9.17, 15) is 13.2 Å². The SMILES string of the molecule is Cc1ccc(OS(=O)(=O)CC2C(=O)c3cccc4c3N2CCC4)cc1. The molecule has 25 heavy (non-hydrogen) atoms. The molecule has 0 bridgehead atoms. The molecule has 0 aliphatic carbocycles. The smallest absolute Gasteiger partial charge is 0.311 e. The van der Waals surface area contributed by atoms with Crippen LogP contribution in [0.3, 0.4) is 0 Å². The molecule has 0 spiro atoms. The maximum absolute atomic E-state index is 12.8. The summed E-state index contributed by atoms with van der Waals surface area (Å²) < 4.78 is 30.2. The number of carbonyl (C=O) groups is 1. The highest BCUT2D eigenvalue weighted by atomic mass is 32.2. The van der Waals surface area contributed by atoms with Gasteiger partial charge in [0.2, 0.25) is 0 Å². The molecule has 0 aromatic heterocycles. The summed E-state index contributed by atoms with van der Waals surface area (Å²) in [6.45, 7) is 2.61. The molecule has 4 rings (SSSR count). The molecule has 2 heterocycles. The molecule has 0 saturated heterocycles. The summed E-state index contributed by atoms with van der Waals surface area (Å²) in [4.78, 5) is 14.7. The van der Waals surface area contributed by atoms with Gasteiger partial charge in [-0.1, -0.05) is 29.8 Å². The van der Waals surface area contributed by atoms with Crippen molar-refractivity contribution in [3.8, 4) is 5.75 Å². The second kappa shape index (κ2) is 5.88. The van der Waals surface area contributed by atoms with Crippen LogP contribution in [0.15, 0.2) is 42.5 Å². The van der Waals surface area contributed by atoms with Crippen LogP contribution >= 0.6 is 0 Å². The molecule has 0 saturated carbocycles. The largest absolute Gasteiger partial charge is 0.382 e. The maximum Gasteiger partial charge on any atom is 0.311 e. The molecular weight excluding hydrogens is 338 g/mol. The van der Waals surface area contributed by atoms with E-state index in [1.807, 2.05) is 24.0 Å². The Morgan fingerprint density at radius 2 is 1.92 bits per heavy atom. The van der Waals surface area contributed by atoms with Gasteiger partial charge in [0.05, 0.1) is 5.69 Å². The molecule has 2 aromatic carbocycles. The quantitative estimate of drug-likeness (QED) is 0.787. The molecule has 2 aliphatic heterocycles. The topological polar surface area (TPSA) is 63.7 Å². The van der Waals surface area contributed by atoms with Crippen LogP contribution in [0.5, 0.6) is 5.75 Å². The Hall–Kier alpha value is -2.34. The third-order valence-corrected chi connectivity index (χ3v) is 5.97. The minimum absolute atomic E-state index is 0.130. The lowest BCUT2D eigenvalue weighted by Crippen LogP contribution is -2.43. The Labute approximate surface area is 147 Å². The number of Topliss-reactive ketones (excluding diaryl/α,β-unsaturated/α-hetero) is 1. The van der Waals surface area contributed by atoms with Gasteiger partial charge in [0.1, 0.15) is 17.5 Å². The average Bonchev–Trinajstić information content (AvgIpc) is 2.85. The van der Waals surface area contributed by atoms with Crippen molar-refractivity contribution in [2.45, 2.75) is 25.8 Å². The monoisotopic (exact) mass is 357 g/mol. The number of nitrogens with zero attached hydrogens (tertiary/aromatic N) is 1. The Balaban J connectivity index is 1.59. The van der Waals surface area contributed by atoms with E-state index in [0.29, 0.717) is 12.1 Å². The third kappa shape index (κ3) is 2.91. The first-order chi connectivity index (χ1) is 11.9. The van der Waals surface area contributed by atoms with Crippen molar-refractivity contribution in [3.63, 3.8) is 0 Å². The second-order valence-electron chi connectivity index (χ2n) is 6.61. The molecule has 2 aromatic rings. The summed E-state index contributed by atoms with van der Waals surface area (Å²) in [5.41, 5.74) is 3.69. The van der Waals surface area contributed by atoms with Crippen LogP contribution in [-0.4, -0.2) is 32.5 Å². The lowest BCUT2D eigenvalue weighted by molar-refractivity contribution is 0.0977. The van der Waals surface area contributed by atoms with Gasteiger partial charge in [-0.15, -0.1) is 0 Å². The van der Waals surface area contributed by atoms with Gasteiger partial charge in [-0.05, 0) is 43.5 Å². The lowest BCUT2D eigenvalue weighted by Gasteiger charge is -2.31. The number of hydrogen-bond acceptors (Lipinski definition) is 5. The van der Waals surface area contributed by atoms with Gasteiger partial charge >= 0.3 is 10.1 Å². The van der Waals surface area contributed by atoms with Gasteiger partial charge in [-0.3, -0.25) is 4.79 Å². The molecule has 130 valence electrons. The molecule has 6 heteroatoms. The number of aryl methyl sites for hydroxylation is 2. The van der Waals surface area contributed by atoms with Gasteiger partial charge in [0, 0.05) is 12.1 Å². The molecular formula is C19H19NO4S. The van der Waals surface area contributed by atoms with Crippen molar-refractivity contribution in [2.75, 3.05) is 17.2 Å². The second-order valence-corrected chi connectivity index (χ2v) is 8.23. The van der Waals surface area contributed by atoms with E-state index >= 15 is 0 Å². The number of carbonyl (C=O) groups excluding carboxylic acids is 1. The van der Waals surface area contributed by atoms with Crippen LogP contribution in [-0.2, 0) is 16.5 Å². The van der Waals surface area contributed by atoms with Crippen LogP contribution in [0.1, 0.15) is 27.9 Å². The zero-order valence-corrected chi connectivity index (χ0v) is 14.8. The molecule has 5 nitrogen and oxygen atoms in total. The predicted molar refractivity (Wildman–Crippen MR) is 95.8 cm³/mol. The van der Waals surface area contributed by atoms with E-state index in [0.717, 1.165) is 29.7 Å². The van der Waals surface area contributed by atoms with E-state index < -0.39 is 16.2 Å². The predicted octanol–water partition coefficient (Wildman–Crippen LogP) is 2.72. The Morgan fingerprint density at radius 1 is 1.16 bits per heavy atom. The van der Waals surface area contributed by atoms with Crippen LogP contribution in [0.2, 0.25) is 0 Å². The fourth-order valence-corrected chi connectivity index (χ4v) is 4.84. The first kappa shape index (κ1) is 16.1. The van der Waals surface area contributed by atoms with Gasteiger partial charge in [-0.2, -0.15) is 8.42 Å². The van der Waals surface area contributed by atoms with E-state index in [4.69, 9.17) is 4.18 Å². The van der Waals surface area contributed by atoms with Crippen molar-refractivity contribution in [2.24, 2.45) is 0 Å². The summed E-state index contributed by atoms with van der Waals surface area (Å²) in [6.07, 6.45) is 1.84. The van der Waals surface area contributed by atoms with Gasteiger partial charge in [0.25, 0.3) is 0 Å². The van der Waals surface area contributed by atoms with Crippen LogP contribution in [0.25, 0.3) is 0 Å². The van der Waals surface area contributed by atoms with Crippen molar-refractivity contribution in [1.29, 1.82) is 0 Å². The minimum atomic E-state index is -3.88. The highest BCUT2D eigenvalue weighted by Gasteiger charge is 2.42. The summed E-state index contributed by atoms with van der Waals surface area (Å²) in [7, 11) is -3.88. The number of anilines is 1. The van der Waals surface area contributed by atoms with Gasteiger partial charge in [0.15, 0.2) is 5.78 Å². The minimum Gasteiger partial charge on any atom is -0.382 e. The zero-order valence-electron chi connectivity index (χ0n) is 13.9. The van der Waals surface area contributed by atoms with Crippen LogP contribution < -0.4 is 9.08 Å². The first-order valence-corrected chi connectivity index (χ1v) is 9.94. The Bertz CT molecular complexity index is 934. The molecule has 0 amide bonds. The number of para-hydroxylation sites is 1. The zero-order chi connectivity index (χ0) is 17.6. The number of hydrogen-bond donors (Lipinski definition) is 0. The van der Waals surface area contributed by atoms with Crippen LogP contribution in [0.4, 0.5) is 5.69 Å². The lowest BCUT2D eigenvalue weighted by atomic mass is 10.0. The highest BCUT2D eigenvalue weighted by molar-refractivity contribution is 7.87. The molecule has 1 atom stereocenters. The summed E-state index contributed by atoms with van der Waals surface area (Å²) >= 11 is 0. The summed E-state index contributed by atoms with van der Waals surface area (Å²) in [5, 5.41) is 0. The fraction of sp³-hybridized carbons (Fsp3) is 0.316. The van der Waals surface area contributed by atoms with Crippen molar-refractivity contribution in [1.82, 2.24) is 0 Å². The molecule has 0 N–H and O–H groups in total. The number of ketones is 1. The van der Waals surface area contributed by atoms with E-state index in [2.05, 4.69) is 0 Å². The first-order valence-electron chi connectivity index (χ1n) is 8.36. The fourth-order valence-electron chi connectivity index (χ4n) is 3.65. The van der Waals surface area contributed by atoms with Crippen LogP contribution in [0, 0.1) is 6.92 Å². The van der Waals surface area contributed by atoms with Gasteiger partial charge in [-0.25, -0.2) is 0 Å². The van der Waals surface area contributed by atoms with Gasteiger partial charge < -0.3 is 9.08 Å². The Kier molecular flexibility index (Phi) is 3.80. The van der Waals surface area contributed by atoms with E-state index in [-0.39, 0.29) is 17.3 Å². The van der Waals surface area contributed by atoms with E-state index in [1.54, 1.807) is 30.3 Å². The number of benzene rings is 2. The van der Waals surface area contributed by atoms with Crippen molar-refractivity contribution < 1.29 is 17.4 Å². The summed E-state index contributed by atoms with van der Waals surface area (Å²) in [6, 6.07) is 11.8. The molecule has 0 fully saturated rings. The summed E-state index contributed by atoms with van der Waals surface area (Å²) in [5.74, 6) is -0.198. The number of rotatable bonds is 4. The van der Waals surface area contributed by atoms with E-state index in [1.165, 1.54) is 0 Å². The van der Waals surface area contributed by atoms with Crippen molar-refractivity contribution >= 4 is 21.6 Å². The van der Waals surface area contributed by atoms with Crippen molar-refractivity contribution in [3.05, 3.63) is 59.2 Å². The standard InChI is InChI=1S/C19H19NO4S/c1-13-7-9-15(10-8-13)24-25(22,23)12-17-19(21)16-6-2-4-14-5-3-11-20(17)18(14)16/h2,4,6-10,17H,3,5,11-12H2,1H3. The molecule has 0 radical (unpaired) electrons. The highest BCUT2D eigenvalue weighted by Crippen LogP contribution is 2.39. The average molecular weight is 357 g/mol.